The average molecular weight is 244 g/mol. The van der Waals surface area contributed by atoms with Crippen molar-refractivity contribution >= 4 is 17.6 Å². The highest BCUT2D eigenvalue weighted by Crippen LogP contribution is 2.14. The lowest BCUT2D eigenvalue weighted by Gasteiger charge is -1.95. The van der Waals surface area contributed by atoms with Crippen LogP contribution in [0.1, 0.15) is 5.56 Å². The van der Waals surface area contributed by atoms with Crippen molar-refractivity contribution in [2.45, 2.75) is 0 Å². The maximum absolute atomic E-state index is 12.9. The summed E-state index contributed by atoms with van der Waals surface area (Å²) in [6.07, 6.45) is 1.53. The number of nitro benzene ring substituents is 1. The van der Waals surface area contributed by atoms with Gasteiger partial charge in [0.05, 0.1) is 10.6 Å². The molecule has 0 aliphatic heterocycles. The molecule has 0 amide bonds. The van der Waals surface area contributed by atoms with E-state index < -0.39 is 4.92 Å². The molecule has 0 atom stereocenters. The number of benzene rings is 2. The molecular weight excluding hydrogens is 235 g/mol. The normalized spacial score (nSPS) is 10.7. The first-order valence-electron chi connectivity index (χ1n) is 5.19. The van der Waals surface area contributed by atoms with E-state index in [1.165, 1.54) is 30.5 Å². The summed E-state index contributed by atoms with van der Waals surface area (Å²) in [4.78, 5) is 14.1. The fraction of sp³-hybridized carbons (Fsp3) is 0. The maximum atomic E-state index is 12.9. The van der Waals surface area contributed by atoms with Crippen LogP contribution >= 0.6 is 0 Å². The van der Waals surface area contributed by atoms with Gasteiger partial charge in [0, 0.05) is 18.3 Å². The summed E-state index contributed by atoms with van der Waals surface area (Å²) < 4.78 is 12.9. The summed E-state index contributed by atoms with van der Waals surface area (Å²) in [5.41, 5.74) is 1.23. The third-order valence-corrected chi connectivity index (χ3v) is 2.27. The number of nitrogens with zero attached hydrogens (tertiary/aromatic N) is 2. The molecule has 0 radical (unpaired) electrons. The molecule has 0 unspecified atom stereocenters. The summed E-state index contributed by atoms with van der Waals surface area (Å²) >= 11 is 0. The Labute approximate surface area is 103 Å². The molecule has 0 N–H and O–H groups in total. The van der Waals surface area contributed by atoms with Gasteiger partial charge in [0.15, 0.2) is 0 Å². The number of nitro groups is 1. The molecule has 5 heteroatoms. The fourth-order valence-electron chi connectivity index (χ4n) is 1.39. The van der Waals surface area contributed by atoms with Crippen LogP contribution in [0.2, 0.25) is 0 Å². The lowest BCUT2D eigenvalue weighted by atomic mass is 10.2. The van der Waals surface area contributed by atoms with E-state index in [9.17, 15) is 14.5 Å². The average Bonchev–Trinajstić information content (AvgIpc) is 2.37. The van der Waals surface area contributed by atoms with Gasteiger partial charge < -0.3 is 0 Å². The summed E-state index contributed by atoms with van der Waals surface area (Å²) in [5, 5.41) is 10.5. The zero-order chi connectivity index (χ0) is 13.0. The van der Waals surface area contributed by atoms with Gasteiger partial charge in [-0.05, 0) is 35.9 Å². The lowest BCUT2D eigenvalue weighted by Crippen LogP contribution is -1.88. The van der Waals surface area contributed by atoms with Crippen molar-refractivity contribution in [3.05, 3.63) is 70.0 Å². The molecule has 18 heavy (non-hydrogen) atoms. The summed E-state index contributed by atoms with van der Waals surface area (Å²) in [5.74, 6) is -0.353. The summed E-state index contributed by atoms with van der Waals surface area (Å²) in [7, 11) is 0. The highest BCUT2D eigenvalue weighted by Gasteiger charge is 2.02. The van der Waals surface area contributed by atoms with Gasteiger partial charge in [-0.15, -0.1) is 0 Å². The van der Waals surface area contributed by atoms with Crippen LogP contribution < -0.4 is 0 Å². The molecule has 0 spiro atoms. The van der Waals surface area contributed by atoms with Gasteiger partial charge in [0.2, 0.25) is 0 Å². The number of aliphatic imine (C=N–C) groups is 1. The topological polar surface area (TPSA) is 55.5 Å². The molecular formula is C13H9FN2O2. The Morgan fingerprint density at radius 1 is 1.17 bits per heavy atom. The van der Waals surface area contributed by atoms with Gasteiger partial charge >= 0.3 is 0 Å². The number of halogens is 1. The smallest absolute Gasteiger partial charge is 0.258 e. The molecule has 2 aromatic rings. The molecule has 0 saturated heterocycles. The highest BCUT2D eigenvalue weighted by atomic mass is 19.1. The number of non-ortho nitro benzene ring substituents is 1. The molecule has 0 saturated carbocycles. The molecule has 2 aromatic carbocycles. The first-order chi connectivity index (χ1) is 8.65. The van der Waals surface area contributed by atoms with Crippen molar-refractivity contribution < 1.29 is 9.31 Å². The molecule has 0 fully saturated rings. The van der Waals surface area contributed by atoms with Gasteiger partial charge in [-0.25, -0.2) is 4.39 Å². The van der Waals surface area contributed by atoms with Crippen molar-refractivity contribution in [2.24, 2.45) is 4.99 Å². The Kier molecular flexibility index (Phi) is 3.43. The minimum atomic E-state index is -0.465. The molecule has 0 bridgehead atoms. The molecule has 0 aliphatic carbocycles. The van der Waals surface area contributed by atoms with Crippen LogP contribution in [0.15, 0.2) is 53.5 Å². The Morgan fingerprint density at radius 3 is 2.50 bits per heavy atom. The number of hydrogen-bond acceptors (Lipinski definition) is 3. The van der Waals surface area contributed by atoms with E-state index in [0.29, 0.717) is 11.3 Å². The molecule has 0 aromatic heterocycles. The minimum absolute atomic E-state index is 0.0258. The quantitative estimate of drug-likeness (QED) is 0.471. The zero-order valence-corrected chi connectivity index (χ0v) is 9.29. The number of hydrogen-bond donors (Lipinski definition) is 0. The van der Waals surface area contributed by atoms with Crippen LogP contribution in [0, 0.1) is 15.9 Å². The third-order valence-electron chi connectivity index (χ3n) is 2.27. The fourth-order valence-corrected chi connectivity index (χ4v) is 1.39. The van der Waals surface area contributed by atoms with Crippen molar-refractivity contribution in [3.8, 4) is 0 Å². The second-order valence-electron chi connectivity index (χ2n) is 3.59. The van der Waals surface area contributed by atoms with E-state index >= 15 is 0 Å². The van der Waals surface area contributed by atoms with Crippen LogP contribution in [0.3, 0.4) is 0 Å². The van der Waals surface area contributed by atoms with E-state index in [1.807, 2.05) is 0 Å². The second kappa shape index (κ2) is 5.18. The third kappa shape index (κ3) is 2.98. The lowest BCUT2D eigenvalue weighted by molar-refractivity contribution is -0.384. The molecule has 2 rings (SSSR count). The highest BCUT2D eigenvalue weighted by molar-refractivity contribution is 5.82. The minimum Gasteiger partial charge on any atom is -0.258 e. The van der Waals surface area contributed by atoms with Crippen molar-refractivity contribution in [2.75, 3.05) is 0 Å². The van der Waals surface area contributed by atoms with E-state index in [2.05, 4.69) is 4.99 Å². The first-order valence-corrected chi connectivity index (χ1v) is 5.19. The van der Waals surface area contributed by atoms with Gasteiger partial charge in [-0.2, -0.15) is 0 Å². The van der Waals surface area contributed by atoms with Crippen LogP contribution in [0.5, 0.6) is 0 Å². The van der Waals surface area contributed by atoms with E-state index in [0.717, 1.165) is 0 Å². The van der Waals surface area contributed by atoms with Crippen LogP contribution in [-0.4, -0.2) is 11.1 Å². The Hall–Kier alpha value is -2.56. The van der Waals surface area contributed by atoms with Gasteiger partial charge in [-0.1, -0.05) is 6.07 Å². The van der Waals surface area contributed by atoms with Crippen molar-refractivity contribution in [1.82, 2.24) is 0 Å². The van der Waals surface area contributed by atoms with Crippen LogP contribution in [0.25, 0.3) is 0 Å². The van der Waals surface area contributed by atoms with Crippen molar-refractivity contribution in [1.29, 1.82) is 0 Å². The van der Waals surface area contributed by atoms with Gasteiger partial charge in [-0.3, -0.25) is 15.1 Å². The standard InChI is InChI=1S/C13H9FN2O2/c14-11-2-1-3-12(8-11)15-9-10-4-6-13(7-5-10)16(17)18/h1-9H. The zero-order valence-electron chi connectivity index (χ0n) is 9.29. The van der Waals surface area contributed by atoms with Crippen molar-refractivity contribution in [3.63, 3.8) is 0 Å². The molecule has 4 nitrogen and oxygen atoms in total. The second-order valence-corrected chi connectivity index (χ2v) is 3.59. The van der Waals surface area contributed by atoms with Crippen LogP contribution in [0.4, 0.5) is 15.8 Å². The SMILES string of the molecule is O=[N+]([O-])c1ccc(C=Nc2cccc(F)c2)cc1. The van der Waals surface area contributed by atoms with Gasteiger partial charge in [0.25, 0.3) is 5.69 Å². The first kappa shape index (κ1) is 11.9. The molecule has 0 heterocycles. The summed E-state index contributed by atoms with van der Waals surface area (Å²) in [6.45, 7) is 0. The number of rotatable bonds is 3. The van der Waals surface area contributed by atoms with E-state index in [-0.39, 0.29) is 11.5 Å². The molecule has 0 aliphatic rings. The Morgan fingerprint density at radius 2 is 1.89 bits per heavy atom. The monoisotopic (exact) mass is 244 g/mol. The van der Waals surface area contributed by atoms with Gasteiger partial charge in [0.1, 0.15) is 5.82 Å². The van der Waals surface area contributed by atoms with E-state index in [1.54, 1.807) is 24.3 Å². The predicted octanol–water partition coefficient (Wildman–Crippen LogP) is 3.48. The Balaban J connectivity index is 2.16. The Bertz CT molecular complexity index is 594. The van der Waals surface area contributed by atoms with E-state index in [4.69, 9.17) is 0 Å². The maximum Gasteiger partial charge on any atom is 0.269 e. The predicted molar refractivity (Wildman–Crippen MR) is 66.8 cm³/mol. The largest absolute Gasteiger partial charge is 0.269 e. The van der Waals surface area contributed by atoms with Crippen LogP contribution in [-0.2, 0) is 0 Å². The summed E-state index contributed by atoms with van der Waals surface area (Å²) in [6, 6.07) is 11.8. The molecule has 90 valence electrons.